The molecule has 2 amide bonds. The fourth-order valence-corrected chi connectivity index (χ4v) is 2.09. The van der Waals surface area contributed by atoms with Gasteiger partial charge in [-0.1, -0.05) is 23.4 Å². The molecule has 3 N–H and O–H groups in total. The summed E-state index contributed by atoms with van der Waals surface area (Å²) >= 11 is 0. The quantitative estimate of drug-likeness (QED) is 0.837. The van der Waals surface area contributed by atoms with Crippen LogP contribution < -0.4 is 16.0 Å². The van der Waals surface area contributed by atoms with Crippen molar-refractivity contribution in [3.63, 3.8) is 0 Å². The van der Waals surface area contributed by atoms with E-state index < -0.39 is 0 Å². The molecule has 18 heavy (non-hydrogen) atoms. The molecule has 3 rings (SSSR count). The third kappa shape index (κ3) is 1.58. The monoisotopic (exact) mass is 244 g/mol. The van der Waals surface area contributed by atoms with Crippen molar-refractivity contribution in [1.82, 2.24) is 10.5 Å². The Hall–Kier alpha value is -2.50. The van der Waals surface area contributed by atoms with Crippen LogP contribution in [0.4, 0.5) is 16.4 Å². The Kier molecular flexibility index (Phi) is 2.40. The molecule has 2 heterocycles. The lowest BCUT2D eigenvalue weighted by Crippen LogP contribution is -2.28. The van der Waals surface area contributed by atoms with Crippen molar-refractivity contribution in [3.05, 3.63) is 30.5 Å². The van der Waals surface area contributed by atoms with Gasteiger partial charge in [0.15, 0.2) is 0 Å². The number of carbonyl (C=O) groups is 1. The predicted octanol–water partition coefficient (Wildman–Crippen LogP) is 1.45. The maximum Gasteiger partial charge on any atom is 0.322 e. The van der Waals surface area contributed by atoms with E-state index in [1.165, 1.54) is 0 Å². The number of nitrogen functional groups attached to an aromatic ring is 1. The highest BCUT2D eigenvalue weighted by Crippen LogP contribution is 2.34. The first-order chi connectivity index (χ1) is 8.77. The van der Waals surface area contributed by atoms with E-state index in [9.17, 15) is 4.79 Å². The molecule has 1 aliphatic rings. The second-order valence-corrected chi connectivity index (χ2v) is 4.00. The first-order valence-corrected chi connectivity index (χ1v) is 5.62. The number of para-hydroxylation sites is 1. The smallest absolute Gasteiger partial charge is 0.322 e. The Balaban J connectivity index is 2.11. The van der Waals surface area contributed by atoms with Gasteiger partial charge in [-0.25, -0.2) is 4.79 Å². The number of nitrogens with zero attached hydrogens (tertiary/aromatic N) is 2. The van der Waals surface area contributed by atoms with Gasteiger partial charge in [0.05, 0.1) is 17.4 Å². The molecule has 0 spiro atoms. The third-order valence-electron chi connectivity index (χ3n) is 2.94. The summed E-state index contributed by atoms with van der Waals surface area (Å²) in [6.45, 7) is 1.29. The number of amides is 2. The lowest BCUT2D eigenvalue weighted by atomic mass is 10.1. The number of rotatable bonds is 2. The topological polar surface area (TPSA) is 84.4 Å². The minimum Gasteiger partial charge on any atom is -0.367 e. The minimum atomic E-state index is -0.0996. The largest absolute Gasteiger partial charge is 0.367 e. The summed E-state index contributed by atoms with van der Waals surface area (Å²) < 4.78 is 4.87. The van der Waals surface area contributed by atoms with Gasteiger partial charge < -0.3 is 15.6 Å². The molecule has 92 valence electrons. The Labute approximate surface area is 103 Å². The van der Waals surface area contributed by atoms with Crippen LogP contribution in [-0.4, -0.2) is 24.3 Å². The number of hydrogen-bond acceptors (Lipinski definition) is 4. The molecule has 0 bridgehead atoms. The van der Waals surface area contributed by atoms with Crippen LogP contribution in [0.3, 0.4) is 0 Å². The van der Waals surface area contributed by atoms with E-state index in [-0.39, 0.29) is 11.9 Å². The van der Waals surface area contributed by atoms with Gasteiger partial charge in [-0.15, -0.1) is 0 Å². The standard InChI is InChI=1S/C12H12N4O2/c13-11-9(7-15-18-11)8-3-1-2-4-10(8)16-6-5-14-12(16)17/h1-4,7H,5-6,13H2,(H,14,17). The number of aromatic nitrogens is 1. The lowest BCUT2D eigenvalue weighted by Gasteiger charge is -2.17. The van der Waals surface area contributed by atoms with Crippen molar-refractivity contribution in [2.24, 2.45) is 0 Å². The zero-order chi connectivity index (χ0) is 12.5. The average molecular weight is 244 g/mol. The van der Waals surface area contributed by atoms with Crippen molar-refractivity contribution in [2.45, 2.75) is 0 Å². The molecule has 2 aromatic rings. The van der Waals surface area contributed by atoms with Gasteiger partial charge in [-0.2, -0.15) is 0 Å². The van der Waals surface area contributed by atoms with Gasteiger partial charge in [0, 0.05) is 18.7 Å². The summed E-state index contributed by atoms with van der Waals surface area (Å²) in [6, 6.07) is 7.45. The third-order valence-corrected chi connectivity index (χ3v) is 2.94. The van der Waals surface area contributed by atoms with Gasteiger partial charge in [0.25, 0.3) is 0 Å². The van der Waals surface area contributed by atoms with Crippen LogP contribution in [0, 0.1) is 0 Å². The van der Waals surface area contributed by atoms with Crippen LogP contribution in [0.15, 0.2) is 35.0 Å². The molecule has 1 aliphatic heterocycles. The molecule has 0 atom stereocenters. The van der Waals surface area contributed by atoms with Crippen molar-refractivity contribution in [3.8, 4) is 11.1 Å². The molecular weight excluding hydrogens is 232 g/mol. The molecule has 6 heteroatoms. The summed E-state index contributed by atoms with van der Waals surface area (Å²) in [5, 5.41) is 6.44. The Bertz CT molecular complexity index is 593. The first kappa shape index (κ1) is 10.6. The van der Waals surface area contributed by atoms with Gasteiger partial charge >= 0.3 is 6.03 Å². The van der Waals surface area contributed by atoms with Crippen LogP contribution >= 0.6 is 0 Å². The summed E-state index contributed by atoms with van der Waals surface area (Å²) in [6.07, 6.45) is 1.56. The molecule has 1 fully saturated rings. The number of anilines is 2. The van der Waals surface area contributed by atoms with Gasteiger partial charge in [-0.05, 0) is 6.07 Å². The molecule has 0 aliphatic carbocycles. The fraction of sp³-hybridized carbons (Fsp3) is 0.167. The van der Waals surface area contributed by atoms with Crippen molar-refractivity contribution in [2.75, 3.05) is 23.7 Å². The number of hydrogen-bond donors (Lipinski definition) is 2. The molecule has 0 unspecified atom stereocenters. The highest BCUT2D eigenvalue weighted by molar-refractivity contribution is 5.99. The Morgan fingerprint density at radius 2 is 2.17 bits per heavy atom. The number of nitrogens with one attached hydrogen (secondary N) is 1. The molecule has 1 saturated heterocycles. The fourth-order valence-electron chi connectivity index (χ4n) is 2.09. The molecule has 1 aromatic heterocycles. The van der Waals surface area contributed by atoms with Crippen molar-refractivity contribution in [1.29, 1.82) is 0 Å². The first-order valence-electron chi connectivity index (χ1n) is 5.62. The van der Waals surface area contributed by atoms with E-state index in [0.717, 1.165) is 11.3 Å². The van der Waals surface area contributed by atoms with Gasteiger partial charge in [0.2, 0.25) is 5.88 Å². The highest BCUT2D eigenvalue weighted by atomic mass is 16.5. The zero-order valence-corrected chi connectivity index (χ0v) is 9.59. The molecule has 6 nitrogen and oxygen atoms in total. The number of carbonyl (C=O) groups excluding carboxylic acids is 1. The summed E-state index contributed by atoms with van der Waals surface area (Å²) in [7, 11) is 0. The van der Waals surface area contributed by atoms with Crippen LogP contribution in [-0.2, 0) is 0 Å². The molecular formula is C12H12N4O2. The van der Waals surface area contributed by atoms with E-state index in [1.54, 1.807) is 11.1 Å². The minimum absolute atomic E-state index is 0.0996. The summed E-state index contributed by atoms with van der Waals surface area (Å²) in [4.78, 5) is 13.4. The van der Waals surface area contributed by atoms with Crippen molar-refractivity contribution >= 4 is 17.6 Å². The van der Waals surface area contributed by atoms with Crippen LogP contribution in [0.2, 0.25) is 0 Å². The maximum atomic E-state index is 11.7. The maximum absolute atomic E-state index is 11.7. The predicted molar refractivity (Wildman–Crippen MR) is 67.1 cm³/mol. The van der Waals surface area contributed by atoms with Gasteiger partial charge in [0.1, 0.15) is 0 Å². The van der Waals surface area contributed by atoms with Crippen LogP contribution in [0.25, 0.3) is 11.1 Å². The van der Waals surface area contributed by atoms with Gasteiger partial charge in [-0.3, -0.25) is 4.90 Å². The molecule has 0 radical (unpaired) electrons. The second kappa shape index (κ2) is 4.06. The Morgan fingerprint density at radius 3 is 2.83 bits per heavy atom. The molecule has 0 saturated carbocycles. The molecule has 1 aromatic carbocycles. The summed E-state index contributed by atoms with van der Waals surface area (Å²) in [5.41, 5.74) is 8.07. The van der Waals surface area contributed by atoms with E-state index in [0.29, 0.717) is 18.7 Å². The zero-order valence-electron chi connectivity index (χ0n) is 9.59. The van der Waals surface area contributed by atoms with Crippen molar-refractivity contribution < 1.29 is 9.32 Å². The van der Waals surface area contributed by atoms with E-state index in [1.807, 2.05) is 24.3 Å². The number of urea groups is 1. The summed E-state index contributed by atoms with van der Waals surface area (Å²) in [5.74, 6) is 0.252. The van der Waals surface area contributed by atoms with E-state index in [4.69, 9.17) is 10.3 Å². The lowest BCUT2D eigenvalue weighted by molar-refractivity contribution is 0.252. The van der Waals surface area contributed by atoms with Crippen LogP contribution in [0.1, 0.15) is 0 Å². The Morgan fingerprint density at radius 1 is 1.33 bits per heavy atom. The van der Waals surface area contributed by atoms with Crippen LogP contribution in [0.5, 0.6) is 0 Å². The highest BCUT2D eigenvalue weighted by Gasteiger charge is 2.24. The second-order valence-electron chi connectivity index (χ2n) is 4.00. The average Bonchev–Trinajstić information content (AvgIpc) is 2.98. The van der Waals surface area contributed by atoms with E-state index >= 15 is 0 Å². The normalized spacial score (nSPS) is 14.9. The number of benzene rings is 1. The number of nitrogens with two attached hydrogens (primary N) is 1. The SMILES string of the molecule is Nc1oncc1-c1ccccc1N1CCNC1=O. The van der Waals surface area contributed by atoms with E-state index in [2.05, 4.69) is 10.5 Å².